The van der Waals surface area contributed by atoms with Crippen LogP contribution in [-0.4, -0.2) is 11.7 Å². The lowest BCUT2D eigenvalue weighted by Gasteiger charge is -2.02. The van der Waals surface area contributed by atoms with Gasteiger partial charge in [0.05, 0.1) is 12.3 Å². The molecule has 1 aliphatic rings. The Morgan fingerprint density at radius 2 is 2.40 bits per heavy atom. The molecule has 0 bridgehead atoms. The van der Waals surface area contributed by atoms with Crippen molar-refractivity contribution in [3.63, 3.8) is 0 Å². The molecule has 2 aromatic heterocycles. The molecule has 0 spiro atoms. The fourth-order valence-corrected chi connectivity index (χ4v) is 1.92. The number of hydrogen-bond donors (Lipinski definition) is 1. The van der Waals surface area contributed by atoms with Crippen molar-refractivity contribution in [1.29, 1.82) is 0 Å². The summed E-state index contributed by atoms with van der Waals surface area (Å²) in [6, 6.07) is 6.00. The third kappa shape index (κ3) is 1.57. The van der Waals surface area contributed by atoms with Gasteiger partial charge in [-0.25, -0.2) is 0 Å². The van der Waals surface area contributed by atoms with Crippen molar-refractivity contribution < 1.29 is 8.94 Å². The van der Waals surface area contributed by atoms with E-state index in [1.165, 1.54) is 6.42 Å². The largest absolute Gasteiger partial charge is 0.461 e. The van der Waals surface area contributed by atoms with Crippen molar-refractivity contribution in [2.45, 2.75) is 18.9 Å². The Labute approximate surface area is 87.3 Å². The number of hydrogen-bond acceptors (Lipinski definition) is 4. The highest BCUT2D eigenvalue weighted by atomic mass is 16.5. The molecule has 1 unspecified atom stereocenters. The van der Waals surface area contributed by atoms with Crippen LogP contribution in [0.1, 0.15) is 24.6 Å². The molecule has 1 saturated heterocycles. The monoisotopic (exact) mass is 204 g/mol. The first kappa shape index (κ1) is 8.73. The van der Waals surface area contributed by atoms with Crippen LogP contribution >= 0.6 is 0 Å². The summed E-state index contributed by atoms with van der Waals surface area (Å²) in [4.78, 5) is 0. The van der Waals surface area contributed by atoms with Crippen molar-refractivity contribution in [1.82, 2.24) is 10.5 Å². The van der Waals surface area contributed by atoms with E-state index in [9.17, 15) is 0 Å². The van der Waals surface area contributed by atoms with Crippen LogP contribution in [0.3, 0.4) is 0 Å². The van der Waals surface area contributed by atoms with E-state index >= 15 is 0 Å². The highest BCUT2D eigenvalue weighted by Crippen LogP contribution is 2.27. The van der Waals surface area contributed by atoms with Crippen molar-refractivity contribution in [3.8, 4) is 11.5 Å². The highest BCUT2D eigenvalue weighted by molar-refractivity contribution is 5.49. The van der Waals surface area contributed by atoms with E-state index in [1.54, 1.807) is 6.26 Å². The fourth-order valence-electron chi connectivity index (χ4n) is 1.92. The molecule has 4 nitrogen and oxygen atoms in total. The van der Waals surface area contributed by atoms with Crippen LogP contribution in [-0.2, 0) is 0 Å². The summed E-state index contributed by atoms with van der Waals surface area (Å²) in [6.07, 6.45) is 3.96. The SMILES string of the molecule is c1coc(-c2cc(C3CCCN3)no2)c1. The van der Waals surface area contributed by atoms with Crippen LogP contribution < -0.4 is 5.32 Å². The molecule has 2 aromatic rings. The number of aromatic nitrogens is 1. The summed E-state index contributed by atoms with van der Waals surface area (Å²) >= 11 is 0. The first-order valence-corrected chi connectivity index (χ1v) is 5.17. The predicted octanol–water partition coefficient (Wildman–Crippen LogP) is 2.36. The van der Waals surface area contributed by atoms with E-state index < -0.39 is 0 Å². The van der Waals surface area contributed by atoms with Gasteiger partial charge in [0.1, 0.15) is 5.69 Å². The zero-order chi connectivity index (χ0) is 10.1. The Balaban J connectivity index is 1.87. The Morgan fingerprint density at radius 3 is 3.13 bits per heavy atom. The Hall–Kier alpha value is -1.55. The van der Waals surface area contributed by atoms with Gasteiger partial charge < -0.3 is 14.3 Å². The smallest absolute Gasteiger partial charge is 0.202 e. The standard InChI is InChI=1S/C11H12N2O2/c1-3-8(12-5-1)9-7-11(15-13-9)10-4-2-6-14-10/h2,4,6-8,12H,1,3,5H2. The van der Waals surface area contributed by atoms with Gasteiger partial charge in [-0.3, -0.25) is 0 Å². The molecule has 3 rings (SSSR count). The maximum Gasteiger partial charge on any atom is 0.202 e. The van der Waals surface area contributed by atoms with Crippen LogP contribution in [0.15, 0.2) is 33.4 Å². The minimum atomic E-state index is 0.345. The van der Waals surface area contributed by atoms with Crippen LogP contribution in [0, 0.1) is 0 Å². The molecular weight excluding hydrogens is 192 g/mol. The number of furan rings is 1. The highest BCUT2D eigenvalue weighted by Gasteiger charge is 2.20. The van der Waals surface area contributed by atoms with E-state index in [-0.39, 0.29) is 0 Å². The van der Waals surface area contributed by atoms with Gasteiger partial charge in [0, 0.05) is 6.07 Å². The molecule has 78 valence electrons. The lowest BCUT2D eigenvalue weighted by atomic mass is 10.1. The van der Waals surface area contributed by atoms with Crippen LogP contribution in [0.2, 0.25) is 0 Å². The van der Waals surface area contributed by atoms with Crippen LogP contribution in [0.4, 0.5) is 0 Å². The molecule has 4 heteroatoms. The summed E-state index contributed by atoms with van der Waals surface area (Å²) in [6.45, 7) is 1.06. The zero-order valence-corrected chi connectivity index (χ0v) is 8.27. The van der Waals surface area contributed by atoms with Gasteiger partial charge in [-0.15, -0.1) is 0 Å². The van der Waals surface area contributed by atoms with Gasteiger partial charge in [0.25, 0.3) is 0 Å². The molecule has 3 heterocycles. The van der Waals surface area contributed by atoms with Crippen molar-refractivity contribution in [3.05, 3.63) is 30.2 Å². The van der Waals surface area contributed by atoms with Crippen molar-refractivity contribution >= 4 is 0 Å². The minimum Gasteiger partial charge on any atom is -0.461 e. The van der Waals surface area contributed by atoms with Crippen molar-refractivity contribution in [2.24, 2.45) is 0 Å². The number of rotatable bonds is 2. The number of nitrogens with one attached hydrogen (secondary N) is 1. The second-order valence-corrected chi connectivity index (χ2v) is 3.74. The van der Waals surface area contributed by atoms with E-state index in [4.69, 9.17) is 8.94 Å². The summed E-state index contributed by atoms with van der Waals surface area (Å²) in [7, 11) is 0. The summed E-state index contributed by atoms with van der Waals surface area (Å²) in [5.74, 6) is 1.43. The average Bonchev–Trinajstić information content (AvgIpc) is 3.02. The Kier molecular flexibility index (Phi) is 2.07. The molecule has 0 saturated carbocycles. The Morgan fingerprint density at radius 1 is 1.40 bits per heavy atom. The second kappa shape index (κ2) is 3.55. The van der Waals surface area contributed by atoms with E-state index in [0.717, 1.165) is 24.4 Å². The Bertz CT molecular complexity index is 427. The van der Waals surface area contributed by atoms with Crippen molar-refractivity contribution in [2.75, 3.05) is 6.54 Å². The molecule has 0 aromatic carbocycles. The summed E-state index contributed by atoms with van der Waals surface area (Å²) < 4.78 is 10.5. The lowest BCUT2D eigenvalue weighted by Crippen LogP contribution is -2.12. The average molecular weight is 204 g/mol. The quantitative estimate of drug-likeness (QED) is 0.815. The lowest BCUT2D eigenvalue weighted by molar-refractivity contribution is 0.401. The molecule has 15 heavy (non-hydrogen) atoms. The fraction of sp³-hybridized carbons (Fsp3) is 0.364. The van der Waals surface area contributed by atoms with E-state index in [0.29, 0.717) is 11.8 Å². The predicted molar refractivity (Wildman–Crippen MR) is 54.2 cm³/mol. The molecule has 0 aliphatic carbocycles. The van der Waals surface area contributed by atoms with E-state index in [1.807, 2.05) is 18.2 Å². The molecular formula is C11H12N2O2. The molecule has 1 atom stereocenters. The van der Waals surface area contributed by atoms with Gasteiger partial charge in [0.15, 0.2) is 5.76 Å². The first-order chi connectivity index (χ1) is 7.43. The van der Waals surface area contributed by atoms with Gasteiger partial charge in [-0.05, 0) is 31.5 Å². The minimum absolute atomic E-state index is 0.345. The van der Waals surface area contributed by atoms with Crippen LogP contribution in [0.5, 0.6) is 0 Å². The molecule has 0 amide bonds. The molecule has 1 fully saturated rings. The molecule has 1 aliphatic heterocycles. The third-order valence-electron chi connectivity index (χ3n) is 2.71. The van der Waals surface area contributed by atoms with Gasteiger partial charge in [-0.2, -0.15) is 0 Å². The van der Waals surface area contributed by atoms with Crippen LogP contribution in [0.25, 0.3) is 11.5 Å². The second-order valence-electron chi connectivity index (χ2n) is 3.74. The summed E-state index contributed by atoms with van der Waals surface area (Å²) in [5.41, 5.74) is 0.971. The third-order valence-corrected chi connectivity index (χ3v) is 2.71. The van der Waals surface area contributed by atoms with E-state index in [2.05, 4.69) is 10.5 Å². The first-order valence-electron chi connectivity index (χ1n) is 5.17. The van der Waals surface area contributed by atoms with Gasteiger partial charge in [-0.1, -0.05) is 5.16 Å². The molecule has 0 radical (unpaired) electrons. The number of nitrogens with zero attached hydrogens (tertiary/aromatic N) is 1. The maximum absolute atomic E-state index is 5.24. The van der Waals surface area contributed by atoms with Gasteiger partial charge in [0.2, 0.25) is 5.76 Å². The van der Waals surface area contributed by atoms with Gasteiger partial charge >= 0.3 is 0 Å². The molecule has 1 N–H and O–H groups in total. The maximum atomic E-state index is 5.24. The summed E-state index contributed by atoms with van der Waals surface area (Å²) in [5, 5.41) is 7.44. The zero-order valence-electron chi connectivity index (χ0n) is 8.27. The topological polar surface area (TPSA) is 51.2 Å². The normalized spacial score (nSPS) is 20.9.